The van der Waals surface area contributed by atoms with E-state index in [0.717, 1.165) is 12.0 Å². The molecular formula is C17H15N3Se. The third kappa shape index (κ3) is 2.50. The number of nitrogens with zero attached hydrogens (tertiary/aromatic N) is 3. The molecule has 2 aromatic rings. The van der Waals surface area contributed by atoms with Gasteiger partial charge in [-0.25, -0.2) is 0 Å². The van der Waals surface area contributed by atoms with Crippen LogP contribution in [0.5, 0.6) is 0 Å². The van der Waals surface area contributed by atoms with Crippen molar-refractivity contribution < 1.29 is 0 Å². The second kappa shape index (κ2) is 5.79. The Labute approximate surface area is 130 Å². The molecule has 0 radical (unpaired) electrons. The van der Waals surface area contributed by atoms with Crippen LogP contribution in [-0.4, -0.2) is 15.0 Å². The normalized spacial score (nSPS) is 20.1. The summed E-state index contributed by atoms with van der Waals surface area (Å²) in [7, 11) is 0. The van der Waals surface area contributed by atoms with E-state index in [1.807, 2.05) is 30.3 Å². The SMILES string of the molecule is CCC1=CC(N=[N+]=[N-])(c2ccccc2)[Se]c2ccccc21. The molecule has 0 aromatic heterocycles. The van der Waals surface area contributed by atoms with E-state index in [4.69, 9.17) is 5.53 Å². The number of allylic oxidation sites excluding steroid dienone is 1. The maximum atomic E-state index is 9.09. The van der Waals surface area contributed by atoms with Gasteiger partial charge in [0.05, 0.1) is 0 Å². The molecule has 0 N–H and O–H groups in total. The molecule has 0 fully saturated rings. The zero-order valence-corrected chi connectivity index (χ0v) is 13.4. The number of rotatable bonds is 3. The van der Waals surface area contributed by atoms with E-state index in [0.29, 0.717) is 0 Å². The van der Waals surface area contributed by atoms with E-state index in [1.165, 1.54) is 15.6 Å². The number of hydrogen-bond donors (Lipinski definition) is 0. The van der Waals surface area contributed by atoms with E-state index >= 15 is 0 Å². The summed E-state index contributed by atoms with van der Waals surface area (Å²) in [6, 6.07) is 18.5. The molecule has 0 bridgehead atoms. The fourth-order valence-electron chi connectivity index (χ4n) is 2.62. The van der Waals surface area contributed by atoms with Crippen LogP contribution in [0.1, 0.15) is 24.5 Å². The molecule has 3 nitrogen and oxygen atoms in total. The van der Waals surface area contributed by atoms with Crippen molar-refractivity contribution in [2.75, 3.05) is 0 Å². The average Bonchev–Trinajstić information content (AvgIpc) is 2.55. The Morgan fingerprint density at radius 2 is 1.81 bits per heavy atom. The van der Waals surface area contributed by atoms with Crippen molar-refractivity contribution in [3.63, 3.8) is 0 Å². The van der Waals surface area contributed by atoms with Crippen LogP contribution in [0.15, 0.2) is 65.8 Å². The van der Waals surface area contributed by atoms with Crippen LogP contribution in [0.4, 0.5) is 0 Å². The summed E-state index contributed by atoms with van der Waals surface area (Å²) in [6.45, 7) is 2.15. The van der Waals surface area contributed by atoms with Gasteiger partial charge in [-0.15, -0.1) is 0 Å². The van der Waals surface area contributed by atoms with Crippen LogP contribution in [0, 0.1) is 0 Å². The summed E-state index contributed by atoms with van der Waals surface area (Å²) >= 11 is 0.0375. The first-order valence-electron chi connectivity index (χ1n) is 6.91. The van der Waals surface area contributed by atoms with Gasteiger partial charge in [0, 0.05) is 0 Å². The molecule has 21 heavy (non-hydrogen) atoms. The molecule has 0 saturated heterocycles. The summed E-state index contributed by atoms with van der Waals surface area (Å²) in [5, 5.41) is 4.21. The van der Waals surface area contributed by atoms with E-state index in [1.54, 1.807) is 0 Å². The van der Waals surface area contributed by atoms with Crippen molar-refractivity contribution in [3.8, 4) is 0 Å². The van der Waals surface area contributed by atoms with Crippen LogP contribution < -0.4 is 4.46 Å². The Hall–Kier alpha value is -1.99. The molecule has 4 heteroatoms. The second-order valence-corrected chi connectivity index (χ2v) is 7.53. The molecule has 2 aromatic carbocycles. The molecule has 3 rings (SSSR count). The average molecular weight is 340 g/mol. The fourth-order valence-corrected chi connectivity index (χ4v) is 5.39. The number of benzene rings is 2. The van der Waals surface area contributed by atoms with E-state index in [9.17, 15) is 0 Å². The third-order valence-corrected chi connectivity index (χ3v) is 6.40. The fraction of sp³-hybridized carbons (Fsp3) is 0.176. The summed E-state index contributed by atoms with van der Waals surface area (Å²) < 4.78 is 0.753. The van der Waals surface area contributed by atoms with Gasteiger partial charge in [-0.1, -0.05) is 0 Å². The molecule has 0 spiro atoms. The Morgan fingerprint density at radius 1 is 1.10 bits per heavy atom. The molecule has 1 atom stereocenters. The molecule has 104 valence electrons. The first-order valence-corrected chi connectivity index (χ1v) is 8.62. The first-order chi connectivity index (χ1) is 10.3. The second-order valence-electron chi connectivity index (χ2n) is 4.87. The van der Waals surface area contributed by atoms with Gasteiger partial charge in [-0.05, 0) is 0 Å². The summed E-state index contributed by atoms with van der Waals surface area (Å²) in [4.78, 5) is 3.15. The van der Waals surface area contributed by atoms with Crippen LogP contribution >= 0.6 is 0 Å². The van der Waals surface area contributed by atoms with Gasteiger partial charge in [-0.2, -0.15) is 0 Å². The Bertz CT molecular complexity index is 733. The molecule has 0 saturated carbocycles. The summed E-state index contributed by atoms with van der Waals surface area (Å²) in [5.74, 6) is 0. The molecule has 1 aliphatic rings. The van der Waals surface area contributed by atoms with Crippen molar-refractivity contribution in [2.24, 2.45) is 5.11 Å². The van der Waals surface area contributed by atoms with Gasteiger partial charge >= 0.3 is 130 Å². The van der Waals surface area contributed by atoms with Crippen LogP contribution in [-0.2, 0) is 4.44 Å². The van der Waals surface area contributed by atoms with Gasteiger partial charge in [-0.3, -0.25) is 0 Å². The van der Waals surface area contributed by atoms with Crippen molar-refractivity contribution in [1.29, 1.82) is 0 Å². The predicted octanol–water partition coefficient (Wildman–Crippen LogP) is 3.99. The summed E-state index contributed by atoms with van der Waals surface area (Å²) in [5.41, 5.74) is 12.7. The van der Waals surface area contributed by atoms with E-state index in [2.05, 4.69) is 47.3 Å². The molecular weight excluding hydrogens is 325 g/mol. The quantitative estimate of drug-likeness (QED) is 0.351. The zero-order chi connectivity index (χ0) is 14.7. The van der Waals surface area contributed by atoms with E-state index in [-0.39, 0.29) is 15.0 Å². The van der Waals surface area contributed by atoms with Gasteiger partial charge in [0.2, 0.25) is 0 Å². The topological polar surface area (TPSA) is 48.8 Å². The minimum absolute atomic E-state index is 0.0375. The van der Waals surface area contributed by atoms with Gasteiger partial charge in [0.1, 0.15) is 0 Å². The van der Waals surface area contributed by atoms with Crippen LogP contribution in [0.2, 0.25) is 0 Å². The monoisotopic (exact) mass is 341 g/mol. The zero-order valence-electron chi connectivity index (χ0n) is 11.7. The van der Waals surface area contributed by atoms with Crippen molar-refractivity contribution in [2.45, 2.75) is 17.8 Å². The van der Waals surface area contributed by atoms with Gasteiger partial charge < -0.3 is 0 Å². The third-order valence-electron chi connectivity index (χ3n) is 3.63. The van der Waals surface area contributed by atoms with Crippen molar-refractivity contribution in [3.05, 3.63) is 82.2 Å². The number of hydrogen-bond acceptors (Lipinski definition) is 1. The maximum absolute atomic E-state index is 9.09. The number of azide groups is 1. The van der Waals surface area contributed by atoms with Crippen molar-refractivity contribution in [1.82, 2.24) is 0 Å². The minimum atomic E-state index is -0.553. The van der Waals surface area contributed by atoms with Gasteiger partial charge in [0.15, 0.2) is 0 Å². The Balaban J connectivity index is 2.22. The molecule has 1 aliphatic heterocycles. The molecule has 1 heterocycles. The standard InChI is InChI=1S/C17H15N3Se/c1-2-13-12-17(19-20-18,14-8-4-3-5-9-14)21-16-11-7-6-10-15(13)16/h3-12H,2H2,1H3. The van der Waals surface area contributed by atoms with Crippen molar-refractivity contribution >= 4 is 25.0 Å². The molecule has 0 aliphatic carbocycles. The predicted molar refractivity (Wildman–Crippen MR) is 87.4 cm³/mol. The van der Waals surface area contributed by atoms with E-state index < -0.39 is 4.44 Å². The first kappa shape index (κ1) is 14.0. The Kier molecular flexibility index (Phi) is 3.85. The summed E-state index contributed by atoms with van der Waals surface area (Å²) in [6.07, 6.45) is 3.10. The molecule has 1 unspecified atom stereocenters. The Morgan fingerprint density at radius 3 is 2.52 bits per heavy atom. The number of fused-ring (bicyclic) bond motifs is 1. The molecule has 0 amide bonds. The van der Waals surface area contributed by atoms with Crippen LogP contribution in [0.3, 0.4) is 0 Å². The van der Waals surface area contributed by atoms with Crippen LogP contribution in [0.25, 0.3) is 16.0 Å². The van der Waals surface area contributed by atoms with Gasteiger partial charge in [0.25, 0.3) is 0 Å².